The first kappa shape index (κ1) is 18.6. The van der Waals surface area contributed by atoms with Crippen molar-refractivity contribution in [2.45, 2.75) is 51.6 Å². The van der Waals surface area contributed by atoms with Gasteiger partial charge in [0.15, 0.2) is 0 Å². The molecule has 1 unspecified atom stereocenters. The number of primary amides is 1. The zero-order chi connectivity index (χ0) is 19.1. The van der Waals surface area contributed by atoms with Gasteiger partial charge in [0.2, 0.25) is 0 Å². The van der Waals surface area contributed by atoms with E-state index in [4.69, 9.17) is 5.73 Å². The summed E-state index contributed by atoms with van der Waals surface area (Å²) in [6, 6.07) is 7.47. The number of thiophene rings is 1. The van der Waals surface area contributed by atoms with Crippen LogP contribution in [0.2, 0.25) is 0 Å². The maximum atomic E-state index is 12.6. The third-order valence-electron chi connectivity index (χ3n) is 4.73. The maximum absolute atomic E-state index is 12.6. The number of aliphatic hydroxyl groups excluding tert-OH is 1. The molecule has 1 aliphatic carbocycles. The van der Waals surface area contributed by atoms with Crippen LogP contribution in [0.3, 0.4) is 0 Å². The number of carbonyl (C=O) groups excluding carboxylic acids is 2. The number of benzene rings is 1. The highest BCUT2D eigenvalue weighted by atomic mass is 32.1. The summed E-state index contributed by atoms with van der Waals surface area (Å²) in [7, 11) is 0. The van der Waals surface area contributed by atoms with Crippen molar-refractivity contribution in [3.05, 3.63) is 51.4 Å². The van der Waals surface area contributed by atoms with Crippen molar-refractivity contribution in [2.24, 2.45) is 5.73 Å². The number of rotatable bonds is 3. The third kappa shape index (κ3) is 3.66. The molecule has 0 bridgehead atoms. The van der Waals surface area contributed by atoms with E-state index in [1.807, 2.05) is 12.1 Å². The van der Waals surface area contributed by atoms with Crippen LogP contribution >= 0.6 is 11.3 Å². The average molecular weight is 372 g/mol. The van der Waals surface area contributed by atoms with Crippen LogP contribution in [0.5, 0.6) is 0 Å². The fourth-order valence-electron chi connectivity index (χ4n) is 3.21. The van der Waals surface area contributed by atoms with Crippen molar-refractivity contribution in [3.63, 3.8) is 0 Å². The highest BCUT2D eigenvalue weighted by Gasteiger charge is 2.28. The molecule has 2 amide bonds. The topological polar surface area (TPSA) is 92.4 Å². The van der Waals surface area contributed by atoms with Gasteiger partial charge in [0.1, 0.15) is 5.00 Å². The lowest BCUT2D eigenvalue weighted by atomic mass is 9.87. The molecular weight excluding hydrogens is 348 g/mol. The van der Waals surface area contributed by atoms with Gasteiger partial charge >= 0.3 is 0 Å². The van der Waals surface area contributed by atoms with Gasteiger partial charge in [-0.2, -0.15) is 0 Å². The zero-order valence-corrected chi connectivity index (χ0v) is 16.1. The van der Waals surface area contributed by atoms with Crippen LogP contribution in [0.1, 0.15) is 63.9 Å². The van der Waals surface area contributed by atoms with E-state index in [9.17, 15) is 14.7 Å². The molecule has 1 aliphatic rings. The molecule has 0 saturated carbocycles. The van der Waals surface area contributed by atoms with Crippen molar-refractivity contribution in [2.75, 3.05) is 5.32 Å². The Kier molecular flexibility index (Phi) is 4.90. The molecular formula is C20H24N2O3S. The number of hydrogen-bond donors (Lipinski definition) is 3. The fourth-order valence-corrected chi connectivity index (χ4v) is 4.53. The molecule has 3 rings (SSSR count). The van der Waals surface area contributed by atoms with E-state index in [2.05, 4.69) is 26.1 Å². The number of carbonyl (C=O) groups is 2. The second-order valence-corrected chi connectivity index (χ2v) is 8.86. The number of hydrogen-bond acceptors (Lipinski definition) is 4. The van der Waals surface area contributed by atoms with Gasteiger partial charge in [-0.05, 0) is 41.5 Å². The minimum Gasteiger partial charge on any atom is -0.393 e. The van der Waals surface area contributed by atoms with Gasteiger partial charge in [0, 0.05) is 16.9 Å². The van der Waals surface area contributed by atoms with E-state index >= 15 is 0 Å². The first-order valence-corrected chi connectivity index (χ1v) is 9.52. The molecule has 1 aromatic heterocycles. The van der Waals surface area contributed by atoms with Crippen molar-refractivity contribution in [3.8, 4) is 0 Å². The molecule has 0 radical (unpaired) electrons. The molecule has 0 fully saturated rings. The van der Waals surface area contributed by atoms with E-state index in [0.717, 1.165) is 16.0 Å². The average Bonchev–Trinajstić information content (AvgIpc) is 2.91. The van der Waals surface area contributed by atoms with Crippen molar-refractivity contribution < 1.29 is 14.7 Å². The number of fused-ring (bicyclic) bond motifs is 1. The lowest BCUT2D eigenvalue weighted by molar-refractivity contribution is 0.0998. The van der Waals surface area contributed by atoms with E-state index in [1.165, 1.54) is 11.3 Å². The maximum Gasteiger partial charge on any atom is 0.256 e. The van der Waals surface area contributed by atoms with E-state index in [1.54, 1.807) is 12.1 Å². The Morgan fingerprint density at radius 2 is 1.88 bits per heavy atom. The first-order chi connectivity index (χ1) is 12.2. The SMILES string of the molecule is CC(C)(C)c1ccc(C(=O)Nc2sc3c(c2C(N)=O)CCC(O)C3)cc1. The van der Waals surface area contributed by atoms with E-state index in [0.29, 0.717) is 35.4 Å². The number of aliphatic hydroxyl groups is 1. The Labute approximate surface area is 157 Å². The predicted octanol–water partition coefficient (Wildman–Crippen LogP) is 3.25. The summed E-state index contributed by atoms with van der Waals surface area (Å²) in [5.74, 6) is -0.815. The van der Waals surface area contributed by atoms with Gasteiger partial charge in [-0.1, -0.05) is 32.9 Å². The van der Waals surface area contributed by atoms with E-state index in [-0.39, 0.29) is 11.3 Å². The molecule has 1 atom stereocenters. The Bertz CT molecular complexity index is 847. The summed E-state index contributed by atoms with van der Waals surface area (Å²) in [4.78, 5) is 25.5. The van der Waals surface area contributed by atoms with Crippen LogP contribution in [-0.2, 0) is 18.3 Å². The molecule has 26 heavy (non-hydrogen) atoms. The second kappa shape index (κ2) is 6.85. The molecule has 2 aromatic rings. The largest absolute Gasteiger partial charge is 0.393 e. The molecule has 1 aromatic carbocycles. The summed E-state index contributed by atoms with van der Waals surface area (Å²) in [5, 5.41) is 13.2. The molecule has 0 saturated heterocycles. The quantitative estimate of drug-likeness (QED) is 0.772. The second-order valence-electron chi connectivity index (χ2n) is 7.75. The summed E-state index contributed by atoms with van der Waals surface area (Å²) in [5.41, 5.74) is 8.50. The van der Waals surface area contributed by atoms with Gasteiger partial charge in [-0.15, -0.1) is 11.3 Å². The van der Waals surface area contributed by atoms with Crippen LogP contribution < -0.4 is 11.1 Å². The molecule has 1 heterocycles. The number of amides is 2. The minimum absolute atomic E-state index is 0.0157. The van der Waals surface area contributed by atoms with Gasteiger partial charge in [-0.3, -0.25) is 9.59 Å². The minimum atomic E-state index is -0.544. The molecule has 138 valence electrons. The fraction of sp³-hybridized carbons (Fsp3) is 0.400. The lowest BCUT2D eigenvalue weighted by Crippen LogP contribution is -2.21. The lowest BCUT2D eigenvalue weighted by Gasteiger charge is -2.19. The van der Waals surface area contributed by atoms with Crippen LogP contribution in [0.4, 0.5) is 5.00 Å². The normalized spacial score (nSPS) is 16.8. The summed E-state index contributed by atoms with van der Waals surface area (Å²) in [6.07, 6.45) is 1.29. The van der Waals surface area contributed by atoms with Gasteiger partial charge in [0.05, 0.1) is 11.7 Å². The Balaban J connectivity index is 1.87. The van der Waals surface area contributed by atoms with Crippen LogP contribution in [-0.4, -0.2) is 23.0 Å². The number of anilines is 1. The smallest absolute Gasteiger partial charge is 0.256 e. The van der Waals surface area contributed by atoms with Crippen molar-refractivity contribution in [1.29, 1.82) is 0 Å². The number of nitrogens with one attached hydrogen (secondary N) is 1. The van der Waals surface area contributed by atoms with Crippen molar-refractivity contribution in [1.82, 2.24) is 0 Å². The molecule has 4 N–H and O–H groups in total. The van der Waals surface area contributed by atoms with E-state index < -0.39 is 12.0 Å². The third-order valence-corrected chi connectivity index (χ3v) is 5.90. The predicted molar refractivity (Wildman–Crippen MR) is 104 cm³/mol. The molecule has 6 heteroatoms. The summed E-state index contributed by atoms with van der Waals surface area (Å²) < 4.78 is 0. The number of nitrogens with two attached hydrogens (primary N) is 1. The highest BCUT2D eigenvalue weighted by molar-refractivity contribution is 7.17. The van der Waals surface area contributed by atoms with Crippen LogP contribution in [0.25, 0.3) is 0 Å². The van der Waals surface area contributed by atoms with Gasteiger partial charge < -0.3 is 16.2 Å². The summed E-state index contributed by atoms with van der Waals surface area (Å²) in [6.45, 7) is 6.35. The monoisotopic (exact) mass is 372 g/mol. The van der Waals surface area contributed by atoms with Gasteiger partial charge in [0.25, 0.3) is 11.8 Å². The molecule has 0 spiro atoms. The van der Waals surface area contributed by atoms with Crippen molar-refractivity contribution >= 4 is 28.2 Å². The Hall–Kier alpha value is -2.18. The first-order valence-electron chi connectivity index (χ1n) is 8.71. The van der Waals surface area contributed by atoms with Crippen LogP contribution in [0, 0.1) is 0 Å². The summed E-state index contributed by atoms with van der Waals surface area (Å²) >= 11 is 1.33. The zero-order valence-electron chi connectivity index (χ0n) is 15.3. The molecule has 0 aliphatic heterocycles. The molecule has 5 nitrogen and oxygen atoms in total. The van der Waals surface area contributed by atoms with Gasteiger partial charge in [-0.25, -0.2) is 0 Å². The Morgan fingerprint density at radius 3 is 2.46 bits per heavy atom. The highest BCUT2D eigenvalue weighted by Crippen LogP contribution is 2.38. The van der Waals surface area contributed by atoms with Crippen LogP contribution in [0.15, 0.2) is 24.3 Å². The standard InChI is InChI=1S/C20H24N2O3S/c1-20(2,3)12-6-4-11(5-7-12)18(25)22-19-16(17(21)24)14-9-8-13(23)10-15(14)26-19/h4-7,13,23H,8-10H2,1-3H3,(H2,21,24)(H,22,25). The Morgan fingerprint density at radius 1 is 1.23 bits per heavy atom.